The molecule has 2 heterocycles. The smallest absolute Gasteiger partial charge is 0.326 e. The summed E-state index contributed by atoms with van der Waals surface area (Å²) in [5.41, 5.74) is 1.30. The van der Waals surface area contributed by atoms with Crippen molar-refractivity contribution in [3.05, 3.63) is 59.1 Å². The maximum atomic E-state index is 12.8. The van der Waals surface area contributed by atoms with Crippen LogP contribution >= 0.6 is 11.3 Å². The van der Waals surface area contributed by atoms with Crippen LogP contribution in [-0.2, 0) is 16.1 Å². The zero-order valence-electron chi connectivity index (χ0n) is 15.9. The summed E-state index contributed by atoms with van der Waals surface area (Å²) in [5, 5.41) is 0.749. The molecule has 0 aliphatic carbocycles. The van der Waals surface area contributed by atoms with Crippen LogP contribution in [0.3, 0.4) is 0 Å². The Morgan fingerprint density at radius 3 is 2.79 bits per heavy atom. The second-order valence-electron chi connectivity index (χ2n) is 6.15. The van der Waals surface area contributed by atoms with Crippen molar-refractivity contribution in [3.8, 4) is 5.75 Å². The molecule has 29 heavy (non-hydrogen) atoms. The number of carbonyl (C=O) groups is 2. The Balaban J connectivity index is 1.79. The molecule has 0 saturated heterocycles. The number of fused-ring (bicyclic) bond motifs is 2. The third-order valence-electron chi connectivity index (χ3n) is 4.32. The summed E-state index contributed by atoms with van der Waals surface area (Å²) >= 11 is 1.32. The van der Waals surface area contributed by atoms with Gasteiger partial charge in [0.05, 0.1) is 23.9 Å². The highest BCUT2D eigenvalue weighted by molar-refractivity contribution is 7.16. The minimum absolute atomic E-state index is 0.0298. The highest BCUT2D eigenvalue weighted by atomic mass is 32.1. The lowest BCUT2D eigenvalue weighted by molar-refractivity contribution is -0.143. The number of aromatic nitrogens is 1. The molecule has 4 aromatic rings. The maximum Gasteiger partial charge on any atom is 0.326 e. The number of hydrogen-bond acceptors (Lipinski definition) is 6. The Bertz CT molecular complexity index is 1280. The molecule has 0 N–H and O–H groups in total. The van der Waals surface area contributed by atoms with Gasteiger partial charge >= 0.3 is 11.9 Å². The number of amides is 1. The van der Waals surface area contributed by atoms with Crippen molar-refractivity contribution in [3.63, 3.8) is 0 Å². The fraction of sp³-hybridized carbons (Fsp3) is 0.190. The first-order valence-electron chi connectivity index (χ1n) is 9.00. The van der Waals surface area contributed by atoms with Crippen molar-refractivity contribution >= 4 is 44.4 Å². The average molecular weight is 410 g/mol. The molecule has 0 aliphatic heterocycles. The maximum absolute atomic E-state index is 12.8. The van der Waals surface area contributed by atoms with Crippen molar-refractivity contribution < 1.29 is 23.5 Å². The van der Waals surface area contributed by atoms with Gasteiger partial charge in [-0.05, 0) is 31.2 Å². The van der Waals surface area contributed by atoms with Gasteiger partial charge in [-0.25, -0.2) is 0 Å². The van der Waals surface area contributed by atoms with Gasteiger partial charge in [0.15, 0.2) is 21.9 Å². The van der Waals surface area contributed by atoms with Crippen LogP contribution in [0.1, 0.15) is 17.5 Å². The second kappa shape index (κ2) is 7.92. The van der Waals surface area contributed by atoms with E-state index in [1.807, 2.05) is 36.4 Å². The molecule has 2 aromatic heterocycles. The third kappa shape index (κ3) is 3.66. The summed E-state index contributed by atoms with van der Waals surface area (Å²) in [7, 11) is 1.54. The largest absolute Gasteiger partial charge is 0.493 e. The Morgan fingerprint density at radius 2 is 2.00 bits per heavy atom. The molecular formula is C21H18N2O5S. The van der Waals surface area contributed by atoms with Gasteiger partial charge in [0.1, 0.15) is 6.54 Å². The van der Waals surface area contributed by atoms with Crippen LogP contribution < -0.4 is 9.54 Å². The van der Waals surface area contributed by atoms with E-state index in [4.69, 9.17) is 13.9 Å². The molecule has 8 heteroatoms. The normalized spacial score (nSPS) is 11.9. The van der Waals surface area contributed by atoms with Crippen molar-refractivity contribution in [1.82, 2.24) is 4.57 Å². The number of methoxy groups -OCH3 is 1. The molecule has 1 amide bonds. The Morgan fingerprint density at radius 1 is 1.17 bits per heavy atom. The van der Waals surface area contributed by atoms with Gasteiger partial charge in [0, 0.05) is 5.39 Å². The number of furan rings is 1. The third-order valence-corrected chi connectivity index (χ3v) is 5.38. The van der Waals surface area contributed by atoms with Crippen LogP contribution in [0.15, 0.2) is 57.9 Å². The number of carbonyl (C=O) groups excluding carboxylic acids is 2. The number of nitrogens with zero attached hydrogens (tertiary/aromatic N) is 2. The van der Waals surface area contributed by atoms with Gasteiger partial charge in [-0.3, -0.25) is 9.59 Å². The van der Waals surface area contributed by atoms with Crippen molar-refractivity contribution in [2.75, 3.05) is 13.7 Å². The van der Waals surface area contributed by atoms with Gasteiger partial charge in [-0.1, -0.05) is 35.6 Å². The van der Waals surface area contributed by atoms with Crippen LogP contribution in [-0.4, -0.2) is 30.2 Å². The van der Waals surface area contributed by atoms with Gasteiger partial charge in [-0.2, -0.15) is 4.99 Å². The summed E-state index contributed by atoms with van der Waals surface area (Å²) in [4.78, 5) is 29.5. The lowest BCUT2D eigenvalue weighted by Crippen LogP contribution is -2.23. The van der Waals surface area contributed by atoms with Crippen LogP contribution in [0.4, 0.5) is 0 Å². The molecule has 0 bridgehead atoms. The van der Waals surface area contributed by atoms with E-state index in [2.05, 4.69) is 4.99 Å². The van der Waals surface area contributed by atoms with Crippen molar-refractivity contribution in [2.24, 2.45) is 4.99 Å². The lowest BCUT2D eigenvalue weighted by Gasteiger charge is -2.04. The zero-order chi connectivity index (χ0) is 20.4. The molecular weight excluding hydrogens is 392 g/mol. The molecule has 0 atom stereocenters. The number of benzene rings is 2. The predicted molar refractivity (Wildman–Crippen MR) is 109 cm³/mol. The lowest BCUT2D eigenvalue weighted by atomic mass is 10.2. The SMILES string of the molecule is CCOC(=O)Cn1c(=NC(=O)c2cc3cccc(OC)c3o2)sc2ccccc21. The number of hydrogen-bond donors (Lipinski definition) is 0. The Kier molecular flexibility index (Phi) is 5.18. The molecule has 0 aliphatic rings. The van der Waals surface area contributed by atoms with Crippen LogP contribution in [0.25, 0.3) is 21.2 Å². The van der Waals surface area contributed by atoms with Crippen molar-refractivity contribution in [2.45, 2.75) is 13.5 Å². The predicted octanol–water partition coefficient (Wildman–Crippen LogP) is 3.76. The summed E-state index contributed by atoms with van der Waals surface area (Å²) in [5.74, 6) is -0.281. The van der Waals surface area contributed by atoms with Gasteiger partial charge < -0.3 is 18.5 Å². The van der Waals surface area contributed by atoms with Gasteiger partial charge in [0.25, 0.3) is 0 Å². The van der Waals surface area contributed by atoms with E-state index in [9.17, 15) is 9.59 Å². The molecule has 2 aromatic carbocycles. The van der Waals surface area contributed by atoms with Gasteiger partial charge in [0.2, 0.25) is 0 Å². The van der Waals surface area contributed by atoms with Crippen LogP contribution in [0, 0.1) is 0 Å². The quantitative estimate of drug-likeness (QED) is 0.468. The zero-order valence-corrected chi connectivity index (χ0v) is 16.7. The second-order valence-corrected chi connectivity index (χ2v) is 7.16. The van der Waals surface area contributed by atoms with Crippen molar-refractivity contribution in [1.29, 1.82) is 0 Å². The minimum atomic E-state index is -0.535. The molecule has 4 rings (SSSR count). The van der Waals surface area contributed by atoms with E-state index >= 15 is 0 Å². The van der Waals surface area contributed by atoms with E-state index in [0.29, 0.717) is 16.1 Å². The average Bonchev–Trinajstić information content (AvgIpc) is 3.30. The first kappa shape index (κ1) is 18.9. The summed E-state index contributed by atoms with van der Waals surface area (Å²) in [6.07, 6.45) is 0. The highest BCUT2D eigenvalue weighted by Crippen LogP contribution is 2.28. The van der Waals surface area contributed by atoms with E-state index in [0.717, 1.165) is 15.6 Å². The molecule has 0 fully saturated rings. The molecule has 7 nitrogen and oxygen atoms in total. The molecule has 0 saturated carbocycles. The van der Waals surface area contributed by atoms with E-state index < -0.39 is 11.9 Å². The topological polar surface area (TPSA) is 83.0 Å². The summed E-state index contributed by atoms with van der Waals surface area (Å²) < 4.78 is 18.6. The van der Waals surface area contributed by atoms with Crippen LogP contribution in [0.2, 0.25) is 0 Å². The minimum Gasteiger partial charge on any atom is -0.493 e. The van der Waals surface area contributed by atoms with Gasteiger partial charge in [-0.15, -0.1) is 0 Å². The Hall–Kier alpha value is -3.39. The number of rotatable bonds is 5. The summed E-state index contributed by atoms with van der Waals surface area (Å²) in [6, 6.07) is 14.6. The molecule has 148 valence electrons. The number of para-hydroxylation sites is 2. The van der Waals surface area contributed by atoms with Crippen LogP contribution in [0.5, 0.6) is 5.75 Å². The number of ether oxygens (including phenoxy) is 2. The van der Waals surface area contributed by atoms with E-state index in [-0.39, 0.29) is 18.9 Å². The standard InChI is InChI=1S/C21H18N2O5S/c1-3-27-18(24)12-23-14-8-4-5-10-17(14)29-21(23)22-20(25)16-11-13-7-6-9-15(26-2)19(13)28-16/h4-11H,3,12H2,1-2H3. The summed E-state index contributed by atoms with van der Waals surface area (Å²) in [6.45, 7) is 2.00. The molecule has 0 spiro atoms. The first-order chi connectivity index (χ1) is 14.1. The number of esters is 1. The number of thiazole rings is 1. The molecule has 0 radical (unpaired) electrons. The monoisotopic (exact) mass is 410 g/mol. The fourth-order valence-electron chi connectivity index (χ4n) is 3.04. The Labute approximate surface area is 169 Å². The first-order valence-corrected chi connectivity index (χ1v) is 9.82. The van der Waals surface area contributed by atoms with E-state index in [1.165, 1.54) is 11.3 Å². The molecule has 0 unspecified atom stereocenters. The van der Waals surface area contributed by atoms with E-state index in [1.54, 1.807) is 30.7 Å². The highest BCUT2D eigenvalue weighted by Gasteiger charge is 2.16. The fourth-order valence-corrected chi connectivity index (χ4v) is 4.07.